The number of fused-ring (bicyclic) bond motifs is 2. The summed E-state index contributed by atoms with van der Waals surface area (Å²) in [4.78, 5) is 110. The fraction of sp³-hybridized carbons (Fsp3) is 0.543. The first-order chi connectivity index (χ1) is 46.4. The van der Waals surface area contributed by atoms with Gasteiger partial charge in [-0.3, -0.25) is 43.0 Å². The summed E-state index contributed by atoms with van der Waals surface area (Å²) >= 11 is 14.9. The molecule has 99 heavy (non-hydrogen) atoms. The van der Waals surface area contributed by atoms with Crippen molar-refractivity contribution in [2.75, 3.05) is 13.1 Å². The van der Waals surface area contributed by atoms with Crippen LogP contribution in [0, 0.1) is 34.5 Å². The largest absolute Gasteiger partial charge is 0.477 e. The predicted octanol–water partition coefficient (Wildman–Crippen LogP) is 8.40. The van der Waals surface area contributed by atoms with Gasteiger partial charge in [0, 0.05) is 68.6 Å². The number of benzene rings is 2. The van der Waals surface area contributed by atoms with Crippen LogP contribution in [-0.2, 0) is 48.8 Å². The van der Waals surface area contributed by atoms with E-state index in [2.05, 4.69) is 62.3 Å². The van der Waals surface area contributed by atoms with E-state index in [1.807, 2.05) is 90.1 Å². The molecule has 29 heteroatoms. The minimum atomic E-state index is -3.87. The molecule has 8 fully saturated rings. The number of carbonyl (C=O) groups excluding carboxylic acids is 7. The highest BCUT2D eigenvalue weighted by atomic mass is 35.5. The molecule has 536 valence electrons. The molecule has 2 aromatic carbocycles. The Morgan fingerprint density at radius 2 is 1.02 bits per heavy atom. The van der Waals surface area contributed by atoms with Crippen LogP contribution in [0.25, 0.3) is 20.2 Å². The Balaban J connectivity index is 0.000000185. The molecule has 10 atom stereocenters. The van der Waals surface area contributed by atoms with Gasteiger partial charge in [-0.1, -0.05) is 126 Å². The van der Waals surface area contributed by atoms with Gasteiger partial charge >= 0.3 is 5.97 Å². The number of carbonyl (C=O) groups is 8. The lowest BCUT2D eigenvalue weighted by Crippen LogP contribution is -2.59. The van der Waals surface area contributed by atoms with E-state index >= 15 is 0 Å². The van der Waals surface area contributed by atoms with Gasteiger partial charge in [-0.25, -0.2) is 21.6 Å². The van der Waals surface area contributed by atoms with Crippen molar-refractivity contribution in [2.24, 2.45) is 40.2 Å². The number of carboxylic acids is 1. The number of carboxylic acid groups (broad SMARTS) is 1. The number of sulfonamides is 2. The minimum absolute atomic E-state index is 0.0364. The Kier molecular flexibility index (Phi) is 21.8. The molecular weight excluding hydrogens is 1390 g/mol. The second kappa shape index (κ2) is 28.9. The van der Waals surface area contributed by atoms with E-state index in [1.54, 1.807) is 0 Å². The second-order valence-electron chi connectivity index (χ2n) is 30.0. The molecule has 6 saturated carbocycles. The number of nitrogens with two attached hydrogens (primary N) is 1. The number of hydrogen-bond acceptors (Lipinski definition) is 17. The lowest BCUT2D eigenvalue weighted by Gasteiger charge is -2.36. The third-order valence-electron chi connectivity index (χ3n) is 19.5. The average Bonchev–Trinajstić information content (AvgIpc) is 1.58. The Hall–Kier alpha value is -6.88. The summed E-state index contributed by atoms with van der Waals surface area (Å²) < 4.78 is 56.1. The maximum atomic E-state index is 14.5. The normalized spacial score (nSPS) is 25.4. The van der Waals surface area contributed by atoms with Gasteiger partial charge in [0.25, 0.3) is 17.7 Å². The van der Waals surface area contributed by atoms with E-state index in [9.17, 15) is 55.2 Å². The van der Waals surface area contributed by atoms with Crippen LogP contribution in [-0.4, -0.2) is 150 Å². The molecule has 4 heterocycles. The van der Waals surface area contributed by atoms with Crippen LogP contribution < -0.4 is 41.8 Å². The monoisotopic (exact) mass is 1480 g/mol. The second-order valence-corrected chi connectivity index (χ2v) is 36.7. The molecule has 8 aliphatic rings. The quantitative estimate of drug-likeness (QED) is 0.0281. The third kappa shape index (κ3) is 17.2. The molecule has 2 saturated heterocycles. The molecule has 0 radical (unpaired) electrons. The number of likely N-dealkylation sites (tertiary alicyclic amines) is 2. The molecule has 23 nitrogen and oxygen atoms in total. The standard InChI is InChI=1S/C35H44ClN5O6S2.C26H41N5O5S.C9H5ClO2S/c1-6-21-17-35(21,33(45)40-49(46,47)23-13-14-23)39-30(42)25-16-22(38-31(43)28-27(36)24-9-7-8-10-26(24)48-28)18-41(25)32(44)29(34(3,4)5)37-19(2)15-20-11-12-20;1-6-17-13-26(17,24(34)30-37(35,36)19-9-10-19)29-22(32)20-12-18(27)14-31(20)23(33)21(25(3,4)5)28-15(2)11-16-7-8-16;10-7-5-3-1-2-4-6(5)13-8(7)9(11)12/h6-10,20-23,25,29,37H,1-2,11-18H2,3-5H3,(H,38,43)(H,39,42)(H,40,45);6,16-21,28H,1-2,7-14,27H2,3-5H3,(H,29,32)(H,30,34);1-4H,(H,11,12)/t21?,22-,25+,29-,35?;17?,18-,20+,21-,26?;/m11./s1. The number of nitrogens with zero attached hydrogens (tertiary/aromatic N) is 2. The summed E-state index contributed by atoms with van der Waals surface area (Å²) in [7, 11) is -7.65. The van der Waals surface area contributed by atoms with Crippen LogP contribution in [0.3, 0.4) is 0 Å². The summed E-state index contributed by atoms with van der Waals surface area (Å²) in [5, 5.41) is 25.1. The molecule has 10 N–H and O–H groups in total. The highest BCUT2D eigenvalue weighted by molar-refractivity contribution is 7.91. The van der Waals surface area contributed by atoms with Crippen molar-refractivity contribution < 1.29 is 60.3 Å². The van der Waals surface area contributed by atoms with E-state index < -0.39 is 136 Å². The topological polar surface area (TPSA) is 342 Å². The summed E-state index contributed by atoms with van der Waals surface area (Å²) in [5.41, 5.74) is 3.82. The lowest BCUT2D eigenvalue weighted by atomic mass is 9.85. The number of nitrogens with one attached hydrogen (secondary N) is 7. The highest BCUT2D eigenvalue weighted by Gasteiger charge is 2.63. The Labute approximate surface area is 596 Å². The summed E-state index contributed by atoms with van der Waals surface area (Å²) in [6.45, 7) is 27.7. The zero-order valence-corrected chi connectivity index (χ0v) is 61.3. The first-order valence-electron chi connectivity index (χ1n) is 33.6. The number of amides is 7. The fourth-order valence-corrected chi connectivity index (χ4v) is 18.4. The van der Waals surface area contributed by atoms with E-state index in [4.69, 9.17) is 34.0 Å². The summed E-state index contributed by atoms with van der Waals surface area (Å²) in [6.07, 6.45) is 11.9. The third-order valence-corrected chi connectivity index (χ3v) is 26.5. The number of halogens is 2. The fourth-order valence-electron chi connectivity index (χ4n) is 12.9. The molecule has 0 bridgehead atoms. The van der Waals surface area contributed by atoms with Crippen LogP contribution in [0.2, 0.25) is 10.0 Å². The van der Waals surface area contributed by atoms with Crippen molar-refractivity contribution in [3.63, 3.8) is 0 Å². The number of allylic oxidation sites excluding steroid dienone is 2. The van der Waals surface area contributed by atoms with Gasteiger partial charge in [0.1, 0.15) is 45.0 Å². The zero-order chi connectivity index (χ0) is 72.2. The maximum Gasteiger partial charge on any atom is 0.347 e. The predicted molar refractivity (Wildman–Crippen MR) is 384 cm³/mol. The molecule has 7 amide bonds. The number of aromatic carboxylic acids is 1. The van der Waals surface area contributed by atoms with Gasteiger partial charge in [0.15, 0.2) is 0 Å². The zero-order valence-electron chi connectivity index (χ0n) is 56.6. The smallest absolute Gasteiger partial charge is 0.347 e. The molecule has 4 unspecified atom stereocenters. The van der Waals surface area contributed by atoms with Crippen molar-refractivity contribution in [1.29, 1.82) is 0 Å². The Morgan fingerprint density at radius 1 is 0.626 bits per heavy atom. The van der Waals surface area contributed by atoms with Crippen molar-refractivity contribution in [3.8, 4) is 0 Å². The van der Waals surface area contributed by atoms with E-state index in [0.717, 1.165) is 57.2 Å². The number of hydrogen-bond donors (Lipinski definition) is 9. The molecule has 6 aliphatic carbocycles. The van der Waals surface area contributed by atoms with E-state index in [1.165, 1.54) is 57.5 Å². The molecule has 2 aromatic heterocycles. The molecule has 4 aromatic rings. The number of rotatable bonds is 25. The van der Waals surface area contributed by atoms with Crippen molar-refractivity contribution in [3.05, 3.63) is 118 Å². The van der Waals surface area contributed by atoms with Crippen LogP contribution in [0.5, 0.6) is 0 Å². The minimum Gasteiger partial charge on any atom is -0.477 e. The van der Waals surface area contributed by atoms with Gasteiger partial charge in [-0.15, -0.1) is 35.8 Å². The van der Waals surface area contributed by atoms with Crippen molar-refractivity contribution in [1.82, 2.24) is 45.8 Å². The Bertz CT molecular complexity index is 4170. The molecule has 12 rings (SSSR count). The van der Waals surface area contributed by atoms with Gasteiger partial charge < -0.3 is 47.2 Å². The molecular formula is C70H90Cl2N10O13S4. The first kappa shape index (κ1) is 74.8. The van der Waals surface area contributed by atoms with Crippen molar-refractivity contribution >= 4 is 133 Å². The van der Waals surface area contributed by atoms with Crippen LogP contribution in [0.15, 0.2) is 98.4 Å². The van der Waals surface area contributed by atoms with Crippen LogP contribution in [0.4, 0.5) is 0 Å². The molecule has 2 aliphatic heterocycles. The van der Waals surface area contributed by atoms with Crippen molar-refractivity contribution in [2.45, 2.75) is 189 Å². The maximum absolute atomic E-state index is 14.5. The van der Waals surface area contributed by atoms with E-state index in [-0.39, 0.29) is 55.5 Å². The van der Waals surface area contributed by atoms with Gasteiger partial charge in [0.2, 0.25) is 43.7 Å². The number of thiophene rings is 2. The van der Waals surface area contributed by atoms with Crippen LogP contribution >= 0.6 is 45.9 Å². The van der Waals surface area contributed by atoms with Crippen LogP contribution in [0.1, 0.15) is 151 Å². The molecule has 0 spiro atoms. The van der Waals surface area contributed by atoms with Gasteiger partial charge in [0.05, 0.1) is 20.5 Å². The Morgan fingerprint density at radius 3 is 1.39 bits per heavy atom. The first-order valence-corrected chi connectivity index (χ1v) is 39.0. The van der Waals surface area contributed by atoms with E-state index in [0.29, 0.717) is 52.4 Å². The summed E-state index contributed by atoms with van der Waals surface area (Å²) in [5.74, 6) is -4.42. The van der Waals surface area contributed by atoms with Gasteiger partial charge in [-0.05, 0) is 125 Å². The summed E-state index contributed by atoms with van der Waals surface area (Å²) in [6, 6.07) is 10.5. The lowest BCUT2D eigenvalue weighted by molar-refractivity contribution is -0.143. The SMILES string of the molecule is C=CC1CC1(NC(=O)[C@@H]1C[C@@H](N)CN1C(=O)[C@@H](NC(=C)CC1CC1)C(C)(C)C)C(=O)NS(=O)(=O)C1CC1.C=CC1CC1(NC(=O)[C@@H]1C[C@@H](NC(=O)c2sc3ccccc3c2Cl)CN1C(=O)[C@@H](NC(=C)CC1CC1)C(C)(C)C)C(=O)NS(=O)(=O)C1CC1.O=C(O)c1sc2ccccc2c1Cl. The highest BCUT2D eigenvalue weighted by Crippen LogP contribution is 2.48. The van der Waals surface area contributed by atoms with Gasteiger partial charge in [-0.2, -0.15) is 0 Å². The average molecular weight is 1480 g/mol.